The first kappa shape index (κ1) is 25.6. The molecule has 0 saturated heterocycles. The van der Waals surface area contributed by atoms with Crippen molar-refractivity contribution < 1.29 is 24.2 Å². The molecule has 0 bridgehead atoms. The van der Waals surface area contributed by atoms with Gasteiger partial charge in [0, 0.05) is 12.5 Å². The van der Waals surface area contributed by atoms with Crippen LogP contribution in [-0.4, -0.2) is 47.7 Å². The lowest BCUT2D eigenvalue weighted by Gasteiger charge is -2.29. The number of hydrogen-bond donors (Lipinski definition) is 3. The Morgan fingerprint density at radius 2 is 1.94 bits per heavy atom. The fourth-order valence-electron chi connectivity index (χ4n) is 3.60. The molecule has 1 aliphatic rings. The van der Waals surface area contributed by atoms with Gasteiger partial charge in [-0.3, -0.25) is 14.4 Å². The van der Waals surface area contributed by atoms with Crippen molar-refractivity contribution in [1.82, 2.24) is 10.6 Å². The van der Waals surface area contributed by atoms with Gasteiger partial charge in [0.15, 0.2) is 0 Å². The van der Waals surface area contributed by atoms with Crippen molar-refractivity contribution in [3.8, 4) is 0 Å². The highest BCUT2D eigenvalue weighted by molar-refractivity contribution is 5.86. The van der Waals surface area contributed by atoms with Crippen molar-refractivity contribution >= 4 is 17.8 Å². The molecule has 0 aliphatic carbocycles. The Bertz CT molecular complexity index is 791. The van der Waals surface area contributed by atoms with Crippen molar-refractivity contribution in [3.63, 3.8) is 0 Å². The summed E-state index contributed by atoms with van der Waals surface area (Å²) in [4.78, 5) is 38.0. The predicted octanol–water partition coefficient (Wildman–Crippen LogP) is 2.53. The molecular formula is C25H36N2O5. The number of aliphatic hydroxyl groups excluding tert-OH is 1. The Kier molecular flexibility index (Phi) is 9.91. The van der Waals surface area contributed by atoms with E-state index in [1.165, 1.54) is 0 Å². The molecule has 0 fully saturated rings. The molecule has 3 N–H and O–H groups in total. The monoisotopic (exact) mass is 444 g/mol. The minimum absolute atomic E-state index is 0.0208. The molecule has 0 unspecified atom stereocenters. The molecule has 1 aromatic carbocycles. The molecule has 0 spiro atoms. The van der Waals surface area contributed by atoms with E-state index in [0.29, 0.717) is 25.7 Å². The summed E-state index contributed by atoms with van der Waals surface area (Å²) in [6.45, 7) is 5.18. The van der Waals surface area contributed by atoms with E-state index in [1.54, 1.807) is 20.8 Å². The largest absolute Gasteiger partial charge is 0.463 e. The van der Waals surface area contributed by atoms with Crippen LogP contribution in [0.5, 0.6) is 0 Å². The van der Waals surface area contributed by atoms with Crippen LogP contribution in [0, 0.1) is 11.8 Å². The van der Waals surface area contributed by atoms with Gasteiger partial charge in [-0.05, 0) is 52.0 Å². The Morgan fingerprint density at radius 1 is 1.22 bits per heavy atom. The molecule has 2 rings (SSSR count). The Balaban J connectivity index is 2.11. The number of cyclic esters (lactones) is 1. The van der Waals surface area contributed by atoms with Crippen LogP contribution in [-0.2, 0) is 25.5 Å². The van der Waals surface area contributed by atoms with E-state index in [-0.39, 0.29) is 49.4 Å². The van der Waals surface area contributed by atoms with E-state index in [2.05, 4.69) is 10.6 Å². The minimum atomic E-state index is -0.769. The van der Waals surface area contributed by atoms with E-state index in [1.807, 2.05) is 42.5 Å². The Labute approximate surface area is 190 Å². The lowest BCUT2D eigenvalue weighted by molar-refractivity contribution is -0.151. The number of carbonyl (C=O) groups excluding carboxylic acids is 3. The lowest BCUT2D eigenvalue weighted by atomic mass is 9.94. The number of aliphatic hydroxyl groups is 1. The highest BCUT2D eigenvalue weighted by Gasteiger charge is 2.30. The summed E-state index contributed by atoms with van der Waals surface area (Å²) in [7, 11) is 0. The topological polar surface area (TPSA) is 105 Å². The third-order valence-electron chi connectivity index (χ3n) is 5.45. The average molecular weight is 445 g/mol. The minimum Gasteiger partial charge on any atom is -0.463 e. The zero-order chi connectivity index (χ0) is 23.6. The second-order valence-electron chi connectivity index (χ2n) is 9.20. The molecule has 0 saturated carbocycles. The first-order valence-electron chi connectivity index (χ1n) is 11.3. The standard InChI is InChI=1S/C25H36N2O5/c1-18(16-28)26-22(29)15-20-12-8-5-9-13-21(14-19-10-6-4-7-11-19)24(31)32-17-25(2,3)27-23(20)30/h4-8,10-11,18,20-21,28H,9,12-17H2,1-3H3,(H,26,29)(H,27,30)/t18-,20+,21+/m0/s1. The molecule has 0 radical (unpaired) electrons. The van der Waals surface area contributed by atoms with E-state index >= 15 is 0 Å². The van der Waals surface area contributed by atoms with Gasteiger partial charge in [-0.1, -0.05) is 42.5 Å². The Morgan fingerprint density at radius 3 is 2.62 bits per heavy atom. The van der Waals surface area contributed by atoms with Gasteiger partial charge in [0.1, 0.15) is 6.61 Å². The highest BCUT2D eigenvalue weighted by atomic mass is 16.5. The summed E-state index contributed by atoms with van der Waals surface area (Å²) < 4.78 is 5.60. The van der Waals surface area contributed by atoms with E-state index in [4.69, 9.17) is 9.84 Å². The maximum absolute atomic E-state index is 12.9. The number of rotatable bonds is 6. The van der Waals surface area contributed by atoms with E-state index in [0.717, 1.165) is 5.56 Å². The van der Waals surface area contributed by atoms with Crippen molar-refractivity contribution in [2.24, 2.45) is 11.8 Å². The number of hydrogen-bond acceptors (Lipinski definition) is 5. The second kappa shape index (κ2) is 12.4. The SMILES string of the molecule is C[C@@H](CO)NC(=O)C[C@H]1CC=CCC[C@H](Cc2ccccc2)C(=O)OCC(C)(C)NC1=O. The number of allylic oxidation sites excluding steroid dienone is 2. The molecule has 7 nitrogen and oxygen atoms in total. The maximum Gasteiger partial charge on any atom is 0.309 e. The summed E-state index contributed by atoms with van der Waals surface area (Å²) in [5, 5.41) is 14.7. The zero-order valence-corrected chi connectivity index (χ0v) is 19.3. The predicted molar refractivity (Wildman–Crippen MR) is 123 cm³/mol. The van der Waals surface area contributed by atoms with Crippen LogP contribution in [0.2, 0.25) is 0 Å². The molecule has 176 valence electrons. The van der Waals surface area contributed by atoms with Crippen molar-refractivity contribution in [2.75, 3.05) is 13.2 Å². The van der Waals surface area contributed by atoms with Crippen molar-refractivity contribution in [3.05, 3.63) is 48.0 Å². The van der Waals surface area contributed by atoms with Crippen LogP contribution in [0.15, 0.2) is 42.5 Å². The Hall–Kier alpha value is -2.67. The van der Waals surface area contributed by atoms with Crippen LogP contribution in [0.25, 0.3) is 0 Å². The zero-order valence-electron chi connectivity index (χ0n) is 19.3. The van der Waals surface area contributed by atoms with Crippen LogP contribution in [0.1, 0.15) is 52.0 Å². The average Bonchev–Trinajstić information content (AvgIpc) is 2.75. The van der Waals surface area contributed by atoms with Crippen LogP contribution in [0.4, 0.5) is 0 Å². The molecule has 1 heterocycles. The number of amides is 2. The molecule has 1 aliphatic heterocycles. The van der Waals surface area contributed by atoms with Gasteiger partial charge in [0.2, 0.25) is 11.8 Å². The number of nitrogens with one attached hydrogen (secondary N) is 2. The fourth-order valence-corrected chi connectivity index (χ4v) is 3.60. The lowest BCUT2D eigenvalue weighted by Crippen LogP contribution is -2.50. The molecule has 0 aromatic heterocycles. The third-order valence-corrected chi connectivity index (χ3v) is 5.45. The molecule has 2 amide bonds. The van der Waals surface area contributed by atoms with Gasteiger partial charge in [0.25, 0.3) is 0 Å². The summed E-state index contributed by atoms with van der Waals surface area (Å²) in [5.74, 6) is -1.62. The number of carbonyl (C=O) groups is 3. The third kappa shape index (κ3) is 8.83. The molecular weight excluding hydrogens is 408 g/mol. The number of benzene rings is 1. The maximum atomic E-state index is 12.9. The van der Waals surface area contributed by atoms with Gasteiger partial charge in [-0.25, -0.2) is 0 Å². The highest BCUT2D eigenvalue weighted by Crippen LogP contribution is 2.20. The molecule has 7 heteroatoms. The van der Waals surface area contributed by atoms with Crippen LogP contribution >= 0.6 is 0 Å². The van der Waals surface area contributed by atoms with Gasteiger partial charge in [-0.2, -0.15) is 0 Å². The molecule has 3 atom stereocenters. The smallest absolute Gasteiger partial charge is 0.309 e. The first-order chi connectivity index (χ1) is 15.2. The van der Waals surface area contributed by atoms with Crippen molar-refractivity contribution in [1.29, 1.82) is 0 Å². The first-order valence-corrected chi connectivity index (χ1v) is 11.3. The second-order valence-corrected chi connectivity index (χ2v) is 9.20. The van der Waals surface area contributed by atoms with E-state index < -0.39 is 11.5 Å². The van der Waals surface area contributed by atoms with Crippen molar-refractivity contribution in [2.45, 2.75) is 64.5 Å². The summed E-state index contributed by atoms with van der Waals surface area (Å²) in [6, 6.07) is 9.49. The summed E-state index contributed by atoms with van der Waals surface area (Å²) in [5.41, 5.74) is 0.313. The van der Waals surface area contributed by atoms with Gasteiger partial charge in [0.05, 0.1) is 24.0 Å². The van der Waals surface area contributed by atoms with Gasteiger partial charge >= 0.3 is 5.97 Å². The van der Waals surface area contributed by atoms with Gasteiger partial charge < -0.3 is 20.5 Å². The van der Waals surface area contributed by atoms with Crippen LogP contribution in [0.3, 0.4) is 0 Å². The summed E-state index contributed by atoms with van der Waals surface area (Å²) in [6.07, 6.45) is 6.23. The quantitative estimate of drug-likeness (QED) is 0.462. The number of ether oxygens (including phenoxy) is 1. The van der Waals surface area contributed by atoms with Crippen LogP contribution < -0.4 is 10.6 Å². The normalized spacial score (nSPS) is 23.0. The number of esters is 1. The fraction of sp³-hybridized carbons (Fsp3) is 0.560. The van der Waals surface area contributed by atoms with Gasteiger partial charge in [-0.15, -0.1) is 0 Å². The summed E-state index contributed by atoms with van der Waals surface area (Å²) >= 11 is 0. The van der Waals surface area contributed by atoms with E-state index in [9.17, 15) is 14.4 Å². The molecule has 1 aromatic rings. The molecule has 32 heavy (non-hydrogen) atoms.